The molecule has 0 unspecified atom stereocenters. The van der Waals surface area contributed by atoms with Crippen LogP contribution in [0.2, 0.25) is 0 Å². The summed E-state index contributed by atoms with van der Waals surface area (Å²) >= 11 is 5.92. The van der Waals surface area contributed by atoms with Crippen LogP contribution < -0.4 is 0 Å². The van der Waals surface area contributed by atoms with Crippen LogP contribution in [-0.4, -0.2) is 20.4 Å². The van der Waals surface area contributed by atoms with Crippen LogP contribution in [-0.2, 0) is 13.0 Å². The Kier molecular flexibility index (Phi) is 3.25. The highest BCUT2D eigenvalue weighted by molar-refractivity contribution is 6.17. The van der Waals surface area contributed by atoms with Gasteiger partial charge in [0.25, 0.3) is 0 Å². The molecule has 0 spiro atoms. The lowest BCUT2D eigenvalue weighted by Gasteiger charge is -2.15. The molecule has 2 aromatic rings. The summed E-state index contributed by atoms with van der Waals surface area (Å²) in [7, 11) is 0. The Bertz CT molecular complexity index is 599. The van der Waals surface area contributed by atoms with Crippen LogP contribution >= 0.6 is 11.6 Å². The van der Waals surface area contributed by atoms with Crippen LogP contribution in [0.5, 0.6) is 0 Å². The van der Waals surface area contributed by atoms with Crippen LogP contribution in [0, 0.1) is 12.3 Å². The van der Waals surface area contributed by atoms with Crippen LogP contribution in [0.3, 0.4) is 0 Å². The van der Waals surface area contributed by atoms with Gasteiger partial charge in [-0.15, -0.1) is 11.6 Å². The van der Waals surface area contributed by atoms with Crippen LogP contribution in [0.25, 0.3) is 11.2 Å². The van der Waals surface area contributed by atoms with E-state index in [9.17, 15) is 0 Å². The van der Waals surface area contributed by atoms with Crippen molar-refractivity contribution in [2.45, 2.75) is 46.1 Å². The largest absolute Gasteiger partial charge is 0.312 e. The van der Waals surface area contributed by atoms with Gasteiger partial charge in [0.05, 0.1) is 0 Å². The molecule has 0 aromatic carbocycles. The van der Waals surface area contributed by atoms with Crippen molar-refractivity contribution in [2.24, 2.45) is 5.41 Å². The molecule has 1 saturated carbocycles. The predicted octanol–water partition coefficient (Wildman–Crippen LogP) is 3.71. The molecule has 1 fully saturated rings. The lowest BCUT2D eigenvalue weighted by Crippen LogP contribution is -2.14. The normalized spacial score (nSPS) is 17.0. The molecule has 0 atom stereocenters. The molecule has 1 aliphatic rings. The molecule has 102 valence electrons. The number of aryl methyl sites for hydroxylation is 2. The summed E-state index contributed by atoms with van der Waals surface area (Å²) in [6.07, 6.45) is 6.59. The Labute approximate surface area is 119 Å². The number of imidazole rings is 1. The molecule has 0 N–H and O–H groups in total. The van der Waals surface area contributed by atoms with Gasteiger partial charge in [0.1, 0.15) is 11.3 Å². The topological polar surface area (TPSA) is 30.7 Å². The van der Waals surface area contributed by atoms with Gasteiger partial charge in [-0.05, 0) is 43.2 Å². The van der Waals surface area contributed by atoms with Gasteiger partial charge < -0.3 is 4.57 Å². The summed E-state index contributed by atoms with van der Waals surface area (Å²) < 4.78 is 2.31. The quantitative estimate of drug-likeness (QED) is 0.780. The first-order valence-electron chi connectivity index (χ1n) is 7.06. The van der Waals surface area contributed by atoms with Gasteiger partial charge in [-0.1, -0.05) is 6.92 Å². The molecule has 19 heavy (non-hydrogen) atoms. The summed E-state index contributed by atoms with van der Waals surface area (Å²) in [5.41, 5.74) is 3.75. The lowest BCUT2D eigenvalue weighted by atomic mass is 10.0. The number of hydrogen-bond acceptors (Lipinski definition) is 2. The number of rotatable bonds is 5. The zero-order valence-corrected chi connectivity index (χ0v) is 12.4. The first kappa shape index (κ1) is 12.9. The summed E-state index contributed by atoms with van der Waals surface area (Å²) in [6.45, 7) is 5.42. The number of alkyl halides is 1. The van der Waals surface area contributed by atoms with Crippen LogP contribution in [0.1, 0.15) is 37.6 Å². The van der Waals surface area contributed by atoms with Crippen molar-refractivity contribution in [3.05, 3.63) is 23.7 Å². The van der Waals surface area contributed by atoms with Crippen molar-refractivity contribution in [1.29, 1.82) is 0 Å². The number of nitrogens with zero attached hydrogens (tertiary/aromatic N) is 3. The van der Waals surface area contributed by atoms with Gasteiger partial charge in [-0.25, -0.2) is 9.97 Å². The number of halogens is 1. The fraction of sp³-hybridized carbons (Fsp3) is 0.600. The minimum absolute atomic E-state index is 0.486. The highest BCUT2D eigenvalue weighted by Crippen LogP contribution is 2.50. The first-order valence-corrected chi connectivity index (χ1v) is 7.59. The molecule has 0 amide bonds. The zero-order valence-electron chi connectivity index (χ0n) is 11.6. The van der Waals surface area contributed by atoms with Crippen molar-refractivity contribution in [3.8, 4) is 0 Å². The molecule has 0 radical (unpaired) electrons. The zero-order chi connectivity index (χ0) is 13.5. The Balaban J connectivity index is 2.08. The van der Waals surface area contributed by atoms with E-state index in [1.807, 2.05) is 12.3 Å². The smallest absolute Gasteiger partial charge is 0.160 e. The first-order chi connectivity index (χ1) is 9.19. The third-order valence-electron chi connectivity index (χ3n) is 4.43. The minimum Gasteiger partial charge on any atom is -0.312 e. The fourth-order valence-corrected chi connectivity index (χ4v) is 2.93. The SMILES string of the molecule is CCC1(Cn2c(CCCl)nc3c(C)ccnc32)CC1. The maximum Gasteiger partial charge on any atom is 0.160 e. The standard InChI is InChI=1S/C15H20ClN3/c1-3-15(6-7-15)10-19-12(4-8-16)18-13-11(2)5-9-17-14(13)19/h5,9H,3-4,6-8,10H2,1-2H3. The maximum absolute atomic E-state index is 5.92. The van der Waals surface area contributed by atoms with E-state index in [1.165, 1.54) is 24.8 Å². The molecule has 2 aromatic heterocycles. The van der Waals surface area contributed by atoms with Crippen molar-refractivity contribution in [2.75, 3.05) is 5.88 Å². The molecule has 0 bridgehead atoms. The predicted molar refractivity (Wildman–Crippen MR) is 78.6 cm³/mol. The molecule has 0 aliphatic heterocycles. The summed E-state index contributed by atoms with van der Waals surface area (Å²) in [4.78, 5) is 9.31. The molecule has 3 rings (SSSR count). The average molecular weight is 278 g/mol. The Hall–Kier alpha value is -1.09. The number of pyridine rings is 1. The average Bonchev–Trinajstić information content (AvgIpc) is 3.10. The molecule has 0 saturated heterocycles. The van der Waals surface area contributed by atoms with Crippen molar-refractivity contribution < 1.29 is 0 Å². The van der Waals surface area contributed by atoms with Crippen LogP contribution in [0.15, 0.2) is 12.3 Å². The summed E-state index contributed by atoms with van der Waals surface area (Å²) in [6, 6.07) is 2.02. The van der Waals surface area contributed by atoms with Gasteiger partial charge in [-0.3, -0.25) is 0 Å². The molecule has 2 heterocycles. The van der Waals surface area contributed by atoms with E-state index >= 15 is 0 Å². The molecule has 4 heteroatoms. The summed E-state index contributed by atoms with van der Waals surface area (Å²) in [5.74, 6) is 1.70. The number of fused-ring (bicyclic) bond motifs is 1. The monoisotopic (exact) mass is 277 g/mol. The third-order valence-corrected chi connectivity index (χ3v) is 4.62. The lowest BCUT2D eigenvalue weighted by molar-refractivity contribution is 0.407. The van der Waals surface area contributed by atoms with E-state index in [2.05, 4.69) is 23.4 Å². The van der Waals surface area contributed by atoms with E-state index in [4.69, 9.17) is 16.6 Å². The molecule has 3 nitrogen and oxygen atoms in total. The fourth-order valence-electron chi connectivity index (χ4n) is 2.76. The van der Waals surface area contributed by atoms with E-state index in [1.54, 1.807) is 0 Å². The number of hydrogen-bond donors (Lipinski definition) is 0. The Morgan fingerprint density at radius 3 is 2.84 bits per heavy atom. The van der Waals surface area contributed by atoms with E-state index in [0.29, 0.717) is 11.3 Å². The van der Waals surface area contributed by atoms with Crippen LogP contribution in [0.4, 0.5) is 0 Å². The molecule has 1 aliphatic carbocycles. The molecular weight excluding hydrogens is 258 g/mol. The number of aromatic nitrogens is 3. The van der Waals surface area contributed by atoms with Gasteiger partial charge in [0, 0.05) is 25.0 Å². The van der Waals surface area contributed by atoms with Gasteiger partial charge in [0.2, 0.25) is 0 Å². The van der Waals surface area contributed by atoms with Gasteiger partial charge >= 0.3 is 0 Å². The minimum atomic E-state index is 0.486. The highest BCUT2D eigenvalue weighted by atomic mass is 35.5. The van der Waals surface area contributed by atoms with Crippen molar-refractivity contribution in [1.82, 2.24) is 14.5 Å². The Morgan fingerprint density at radius 2 is 2.21 bits per heavy atom. The second-order valence-corrected chi connectivity index (χ2v) is 6.08. The second kappa shape index (κ2) is 4.78. The Morgan fingerprint density at radius 1 is 1.42 bits per heavy atom. The second-order valence-electron chi connectivity index (χ2n) is 5.71. The van der Waals surface area contributed by atoms with E-state index < -0.39 is 0 Å². The van der Waals surface area contributed by atoms with E-state index in [-0.39, 0.29) is 0 Å². The van der Waals surface area contributed by atoms with Crippen molar-refractivity contribution >= 4 is 22.8 Å². The van der Waals surface area contributed by atoms with Gasteiger partial charge in [-0.2, -0.15) is 0 Å². The highest BCUT2D eigenvalue weighted by Gasteiger charge is 2.41. The van der Waals surface area contributed by atoms with Crippen molar-refractivity contribution in [3.63, 3.8) is 0 Å². The third kappa shape index (κ3) is 2.25. The van der Waals surface area contributed by atoms with Gasteiger partial charge in [0.15, 0.2) is 5.65 Å². The van der Waals surface area contributed by atoms with E-state index in [0.717, 1.165) is 30.0 Å². The summed E-state index contributed by atoms with van der Waals surface area (Å²) in [5, 5.41) is 0. The molecular formula is C15H20ClN3. The maximum atomic E-state index is 5.92.